The van der Waals surface area contributed by atoms with Gasteiger partial charge < -0.3 is 106 Å². The summed E-state index contributed by atoms with van der Waals surface area (Å²) in [6.45, 7) is 11.5. The molecule has 772 valence electrons. The van der Waals surface area contributed by atoms with Gasteiger partial charge in [0.05, 0.1) is 72.0 Å². The molecule has 38 nitrogen and oxygen atoms in total. The SMILES string of the molecule is C=C(C[C@@H](CCCCNC(=O)COCCOCCNC(=O)COCCOCCCC(=O)CC[C@H](NC(=O)CCCCCNC(=O)CC[C@H](NC(=O)CCCCCc1ccccc1)C(=O)O)C(=O)O)C(C)=O)[C@@H](C)CCCCNC(=O)COCCOCCCC(=O)COCCOCCNC(=O)CC[C@H](CC(=O)CCCCCNC(=O)CC[C@H](NC(=O)CCCCCc1ccccc1)C(=O)O)C(=O)O. The van der Waals surface area contributed by atoms with Gasteiger partial charge in [-0.05, 0) is 159 Å². The first-order valence-corrected chi connectivity index (χ1v) is 48.8. The van der Waals surface area contributed by atoms with Gasteiger partial charge in [0.2, 0.25) is 53.2 Å². The summed E-state index contributed by atoms with van der Waals surface area (Å²) in [5, 5.41) is 62.4. The predicted molar refractivity (Wildman–Crippen MR) is 508 cm³/mol. The quantitative estimate of drug-likeness (QED) is 0.0221. The van der Waals surface area contributed by atoms with Crippen molar-refractivity contribution in [2.24, 2.45) is 17.8 Å². The minimum Gasteiger partial charge on any atom is -0.481 e. The lowest BCUT2D eigenvalue weighted by atomic mass is 9.85. The van der Waals surface area contributed by atoms with Crippen molar-refractivity contribution >= 4 is 100 Å². The molecule has 0 saturated heterocycles. The first-order valence-electron chi connectivity index (χ1n) is 48.8. The standard InChI is InChI=1S/C99H157N9O29/c1-74(28-20-24-52-102-93(119)71-135-65-61-131-57-27-38-83(112)70-134-64-62-132-58-54-104-87(113)47-42-80(96(122)123)69-82(111)36-16-8-22-50-100-88(114)48-45-85(98(126)127)107-90(116)39-17-6-14-33-77-29-10-4-11-30-77)75(2)68-79(76(3)109)35-21-25-53-103-94(120)72-137-67-63-133-59-55-105-95(121)73-136-66-60-130-56-26-37-81(110)43-44-84(97(124)125)106-92(118)41-19-9-23-51-101-89(115)49-46-86(99(128)129)108-91(117)40-18-7-15-34-78-31-12-5-13-32-78/h4-5,10-13,29-32,74,79-80,84-86H,2,6-9,14-28,33-73H2,1,3H3,(H,100,114)(H,101,115)(H,102,119)(H,103,120)(H,104,113)(H,105,121)(H,106,118)(H,107,116)(H,108,117)(H,122,123)(H,124,125)(H,126,127)(H,128,129)/t74-,79+,80+,84-,85-,86-/m0/s1. The van der Waals surface area contributed by atoms with Crippen LogP contribution in [0.3, 0.4) is 0 Å². The highest BCUT2D eigenvalue weighted by molar-refractivity contribution is 5.88. The van der Waals surface area contributed by atoms with E-state index in [2.05, 4.69) is 61.4 Å². The molecule has 0 aromatic heterocycles. The van der Waals surface area contributed by atoms with Gasteiger partial charge in [0.25, 0.3) is 0 Å². The third-order valence-corrected chi connectivity index (χ3v) is 22.3. The zero-order valence-corrected chi connectivity index (χ0v) is 80.9. The number of hydrogen-bond acceptors (Lipinski definition) is 25. The highest BCUT2D eigenvalue weighted by atomic mass is 16.5. The average Bonchev–Trinajstić information content (AvgIpc) is 0.942. The maximum Gasteiger partial charge on any atom is 0.326 e. The van der Waals surface area contributed by atoms with Crippen LogP contribution in [-0.4, -0.2) is 284 Å². The molecule has 6 atom stereocenters. The normalized spacial score (nSPS) is 12.4. The molecule has 38 heteroatoms. The molecule has 2 aromatic carbocycles. The molecule has 0 fully saturated rings. The van der Waals surface area contributed by atoms with Crippen LogP contribution in [0.4, 0.5) is 0 Å². The van der Waals surface area contributed by atoms with E-state index in [9.17, 15) is 102 Å². The van der Waals surface area contributed by atoms with Crippen LogP contribution in [0.5, 0.6) is 0 Å². The van der Waals surface area contributed by atoms with Crippen LogP contribution in [0.2, 0.25) is 0 Å². The zero-order valence-electron chi connectivity index (χ0n) is 80.9. The number of Topliss-reactive ketones (excluding diaryl/α,β-unsaturated/α-hetero) is 4. The molecule has 0 spiro atoms. The summed E-state index contributed by atoms with van der Waals surface area (Å²) < 4.78 is 43.5. The van der Waals surface area contributed by atoms with Gasteiger partial charge >= 0.3 is 23.9 Å². The molecular formula is C99H157N9O29. The highest BCUT2D eigenvalue weighted by Crippen LogP contribution is 2.27. The Labute approximate surface area is 806 Å². The lowest BCUT2D eigenvalue weighted by molar-refractivity contribution is -0.144. The Kier molecular flexibility index (Phi) is 73.1. The van der Waals surface area contributed by atoms with Crippen molar-refractivity contribution in [3.8, 4) is 0 Å². The molecule has 2 rings (SSSR count). The summed E-state index contributed by atoms with van der Waals surface area (Å²) in [5.74, 6) is -9.64. The number of carboxylic acid groups (broad SMARTS) is 4. The molecule has 13 N–H and O–H groups in total. The van der Waals surface area contributed by atoms with Crippen LogP contribution in [-0.2, 0) is 132 Å². The second-order valence-corrected chi connectivity index (χ2v) is 34.1. The Balaban J connectivity index is 1.35. The van der Waals surface area contributed by atoms with E-state index >= 15 is 0 Å². The summed E-state index contributed by atoms with van der Waals surface area (Å²) >= 11 is 0. The molecule has 0 radical (unpaired) electrons. The molecule has 2 aromatic rings. The number of aryl methyl sites for hydroxylation is 2. The van der Waals surface area contributed by atoms with E-state index in [1.54, 1.807) is 6.92 Å². The van der Waals surface area contributed by atoms with Crippen LogP contribution >= 0.6 is 0 Å². The minimum absolute atomic E-state index is 0.0287. The van der Waals surface area contributed by atoms with Crippen LogP contribution in [0.25, 0.3) is 0 Å². The van der Waals surface area contributed by atoms with Crippen molar-refractivity contribution in [2.75, 3.05) is 145 Å². The summed E-state index contributed by atoms with van der Waals surface area (Å²) in [6.07, 6.45) is 15.7. The minimum atomic E-state index is -1.26. The largest absolute Gasteiger partial charge is 0.481 e. The van der Waals surface area contributed by atoms with Crippen LogP contribution in [0.15, 0.2) is 72.8 Å². The van der Waals surface area contributed by atoms with E-state index in [0.29, 0.717) is 110 Å². The lowest BCUT2D eigenvalue weighted by Crippen LogP contribution is -2.41. The first-order chi connectivity index (χ1) is 66.0. The Morgan fingerprint density at radius 3 is 1.03 bits per heavy atom. The lowest BCUT2D eigenvalue weighted by Gasteiger charge is -2.20. The maximum absolute atomic E-state index is 12.6. The predicted octanol–water partition coefficient (Wildman–Crippen LogP) is 7.86. The smallest absolute Gasteiger partial charge is 0.326 e. The molecule has 0 unspecified atom stereocenters. The number of hydrogen-bond donors (Lipinski definition) is 13. The fourth-order valence-electron chi connectivity index (χ4n) is 14.1. The number of carboxylic acids is 4. The molecular weight excluding hydrogens is 1780 g/mol. The molecule has 0 aliphatic carbocycles. The first kappa shape index (κ1) is 123. The van der Waals surface area contributed by atoms with Gasteiger partial charge in [-0.3, -0.25) is 67.1 Å². The Hall–Kier alpha value is -10.4. The van der Waals surface area contributed by atoms with Gasteiger partial charge in [-0.1, -0.05) is 118 Å². The number of carbonyl (C=O) groups excluding carboxylic acids is 13. The second-order valence-electron chi connectivity index (χ2n) is 34.1. The van der Waals surface area contributed by atoms with Gasteiger partial charge in [0, 0.05) is 129 Å². The van der Waals surface area contributed by atoms with Gasteiger partial charge in [0.15, 0.2) is 5.78 Å². The van der Waals surface area contributed by atoms with Crippen molar-refractivity contribution in [2.45, 2.75) is 276 Å². The number of carbonyl (C=O) groups is 17. The molecule has 0 bridgehead atoms. The highest BCUT2D eigenvalue weighted by Gasteiger charge is 2.27. The Morgan fingerprint density at radius 2 is 0.613 bits per heavy atom. The maximum atomic E-state index is 12.6. The number of ether oxygens (including phenoxy) is 8. The van der Waals surface area contributed by atoms with E-state index in [1.165, 1.54) is 11.1 Å². The van der Waals surface area contributed by atoms with Crippen LogP contribution in [0.1, 0.15) is 256 Å². The van der Waals surface area contributed by atoms with E-state index in [0.717, 1.165) is 69.8 Å². The van der Waals surface area contributed by atoms with Crippen molar-refractivity contribution in [3.63, 3.8) is 0 Å². The molecule has 0 aliphatic rings. The van der Waals surface area contributed by atoms with Gasteiger partial charge in [0.1, 0.15) is 61.9 Å². The number of benzene rings is 2. The summed E-state index contributed by atoms with van der Waals surface area (Å²) in [7, 11) is 0. The fourth-order valence-corrected chi connectivity index (χ4v) is 14.1. The van der Waals surface area contributed by atoms with Crippen LogP contribution < -0.4 is 47.9 Å². The summed E-state index contributed by atoms with van der Waals surface area (Å²) in [4.78, 5) is 208. The van der Waals surface area contributed by atoms with Gasteiger partial charge in [-0.25, -0.2) is 14.4 Å². The number of unbranched alkanes of at least 4 members (excludes halogenated alkanes) is 10. The zero-order chi connectivity index (χ0) is 101. The third kappa shape index (κ3) is 71.7. The molecule has 0 aliphatic heterocycles. The monoisotopic (exact) mass is 1940 g/mol. The van der Waals surface area contributed by atoms with Crippen LogP contribution in [0, 0.1) is 17.8 Å². The average molecular weight is 1940 g/mol. The summed E-state index contributed by atoms with van der Waals surface area (Å²) in [5.41, 5.74) is 3.43. The van der Waals surface area contributed by atoms with E-state index in [1.807, 2.05) is 60.7 Å². The molecule has 137 heavy (non-hydrogen) atoms. The summed E-state index contributed by atoms with van der Waals surface area (Å²) in [6, 6.07) is 16.4. The van der Waals surface area contributed by atoms with Crippen molar-refractivity contribution in [1.82, 2.24) is 47.9 Å². The van der Waals surface area contributed by atoms with E-state index in [-0.39, 0.29) is 291 Å². The molecule has 9 amide bonds. The second kappa shape index (κ2) is 81.6. The third-order valence-electron chi connectivity index (χ3n) is 22.3. The van der Waals surface area contributed by atoms with E-state index < -0.39 is 59.7 Å². The van der Waals surface area contributed by atoms with Gasteiger partial charge in [-0.15, -0.1) is 0 Å². The number of ketones is 4. The van der Waals surface area contributed by atoms with Crippen molar-refractivity contribution in [3.05, 3.63) is 83.9 Å². The van der Waals surface area contributed by atoms with Crippen molar-refractivity contribution in [1.29, 1.82) is 0 Å². The fraction of sp³-hybridized carbons (Fsp3) is 0.687. The number of rotatable bonds is 93. The number of aliphatic carboxylic acids is 4. The topological polar surface area (TPSA) is 553 Å². The van der Waals surface area contributed by atoms with E-state index in [4.69, 9.17) is 37.9 Å². The van der Waals surface area contributed by atoms with Crippen molar-refractivity contribution < 1.29 is 140 Å². The Morgan fingerprint density at radius 1 is 0.277 bits per heavy atom. The van der Waals surface area contributed by atoms with Gasteiger partial charge in [-0.2, -0.15) is 0 Å². The number of nitrogens with one attached hydrogen (secondary N) is 9. The Bertz CT molecular complexity index is 3820. The number of allylic oxidation sites excluding steroid dienone is 1. The molecule has 0 heterocycles. The molecule has 0 saturated carbocycles. The number of amides is 9.